The molecule has 0 spiro atoms. The number of nitrogens with zero attached hydrogens (tertiary/aromatic N) is 5. The average molecular weight is 639 g/mol. The maximum atomic E-state index is 12.5. The van der Waals surface area contributed by atoms with Crippen molar-refractivity contribution in [1.82, 2.24) is 20.1 Å². The lowest BCUT2D eigenvalue weighted by Crippen LogP contribution is -2.31. The summed E-state index contributed by atoms with van der Waals surface area (Å²) in [6, 6.07) is 19.7. The number of urea groups is 1. The second kappa shape index (κ2) is 13.8. The van der Waals surface area contributed by atoms with Crippen molar-refractivity contribution in [2.75, 3.05) is 24.3 Å². The number of alkyl halides is 3. The molecule has 5 rings (SSSR count). The van der Waals surface area contributed by atoms with Gasteiger partial charge in [0.2, 0.25) is 5.91 Å². The van der Waals surface area contributed by atoms with Crippen molar-refractivity contribution >= 4 is 34.6 Å². The molecule has 1 unspecified atom stereocenters. The molecule has 0 saturated carbocycles. The largest absolute Gasteiger partial charge is 0.573 e. The van der Waals surface area contributed by atoms with Gasteiger partial charge in [0, 0.05) is 12.1 Å². The van der Waals surface area contributed by atoms with Crippen molar-refractivity contribution in [3.05, 3.63) is 84.7 Å². The molecule has 1 atom stereocenters. The van der Waals surface area contributed by atoms with E-state index >= 15 is 0 Å². The third-order valence-corrected chi connectivity index (χ3v) is 7.87. The van der Waals surface area contributed by atoms with Crippen LogP contribution in [-0.2, 0) is 4.79 Å². The normalized spacial score (nSPS) is 14.9. The summed E-state index contributed by atoms with van der Waals surface area (Å²) in [5.41, 5.74) is 3.06. The van der Waals surface area contributed by atoms with Crippen molar-refractivity contribution in [2.45, 2.75) is 32.0 Å². The van der Waals surface area contributed by atoms with Gasteiger partial charge in [0.1, 0.15) is 17.8 Å². The Labute approximate surface area is 261 Å². The second-order valence-electron chi connectivity index (χ2n) is 10.1. The molecule has 1 fully saturated rings. The third kappa shape index (κ3) is 8.20. The Morgan fingerprint density at radius 3 is 2.36 bits per heavy atom. The predicted molar refractivity (Wildman–Crippen MR) is 165 cm³/mol. The topological polar surface area (TPSA) is 111 Å². The Balaban J connectivity index is 1.10. The smallest absolute Gasteiger partial charge is 0.497 e. The SMILES string of the molecule is COc1ccc(N2C(=O)CS/C2=N\C(=O)NCCCC(C)c2ccc(-c3ncn(-c4ccc(OC(F)(F)F)cc4)n3)cc2)cc1. The number of ether oxygens (including phenoxy) is 2. The summed E-state index contributed by atoms with van der Waals surface area (Å²) in [5, 5.41) is 7.58. The number of benzene rings is 3. The van der Waals surface area contributed by atoms with Gasteiger partial charge in [-0.05, 0) is 72.9 Å². The molecule has 1 aromatic heterocycles. The third-order valence-electron chi connectivity index (χ3n) is 6.95. The van der Waals surface area contributed by atoms with E-state index in [1.54, 1.807) is 31.4 Å². The van der Waals surface area contributed by atoms with E-state index in [2.05, 4.69) is 32.1 Å². The number of thioether (sulfide) groups is 1. The van der Waals surface area contributed by atoms with Crippen LogP contribution in [0.3, 0.4) is 0 Å². The van der Waals surface area contributed by atoms with Crippen molar-refractivity contribution in [2.24, 2.45) is 4.99 Å². The molecule has 1 aliphatic heterocycles. The fourth-order valence-corrected chi connectivity index (χ4v) is 5.47. The van der Waals surface area contributed by atoms with Crippen molar-refractivity contribution in [3.8, 4) is 28.6 Å². The molecule has 1 N–H and O–H groups in total. The minimum absolute atomic E-state index is 0.145. The van der Waals surface area contributed by atoms with Gasteiger partial charge in [-0.3, -0.25) is 9.69 Å². The Hall–Kier alpha value is -4.85. The number of nitrogens with one attached hydrogen (secondary N) is 1. The van der Waals surface area contributed by atoms with Gasteiger partial charge in [0.15, 0.2) is 11.0 Å². The number of aromatic nitrogens is 3. The van der Waals surface area contributed by atoms with E-state index in [4.69, 9.17) is 4.74 Å². The van der Waals surface area contributed by atoms with Gasteiger partial charge in [0.25, 0.3) is 0 Å². The number of amides is 3. The molecule has 2 heterocycles. The Bertz CT molecular complexity index is 1660. The van der Waals surface area contributed by atoms with E-state index in [1.165, 1.54) is 51.9 Å². The van der Waals surface area contributed by atoms with Gasteiger partial charge in [-0.1, -0.05) is 43.0 Å². The number of carbonyl (C=O) groups is 2. The summed E-state index contributed by atoms with van der Waals surface area (Å²) in [7, 11) is 1.56. The van der Waals surface area contributed by atoms with Crippen molar-refractivity contribution in [1.29, 1.82) is 0 Å². The summed E-state index contributed by atoms with van der Waals surface area (Å²) < 4.78 is 47.8. The van der Waals surface area contributed by atoms with E-state index in [9.17, 15) is 22.8 Å². The van der Waals surface area contributed by atoms with Gasteiger partial charge < -0.3 is 14.8 Å². The van der Waals surface area contributed by atoms with Gasteiger partial charge in [-0.15, -0.1) is 18.3 Å². The number of hydrogen-bond donors (Lipinski definition) is 1. The lowest BCUT2D eigenvalue weighted by molar-refractivity contribution is -0.274. The zero-order chi connectivity index (χ0) is 32.0. The lowest BCUT2D eigenvalue weighted by atomic mass is 9.95. The summed E-state index contributed by atoms with van der Waals surface area (Å²) >= 11 is 1.22. The van der Waals surface area contributed by atoms with Gasteiger partial charge in [-0.25, -0.2) is 14.5 Å². The minimum atomic E-state index is -4.75. The Morgan fingerprint density at radius 2 is 1.69 bits per heavy atom. The van der Waals surface area contributed by atoms with E-state index in [0.717, 1.165) is 24.0 Å². The number of anilines is 1. The van der Waals surface area contributed by atoms with Crippen LogP contribution in [0.15, 0.2) is 84.1 Å². The summed E-state index contributed by atoms with van der Waals surface area (Å²) in [4.78, 5) is 34.8. The number of amidine groups is 1. The number of hydrogen-bond acceptors (Lipinski definition) is 7. The van der Waals surface area contributed by atoms with Crippen LogP contribution < -0.4 is 19.7 Å². The summed E-state index contributed by atoms with van der Waals surface area (Å²) in [5.74, 6) is 1.11. The monoisotopic (exact) mass is 638 g/mol. The highest BCUT2D eigenvalue weighted by molar-refractivity contribution is 8.15. The fraction of sp³-hybridized carbons (Fsp3) is 0.258. The van der Waals surface area contributed by atoms with Crippen LogP contribution in [0.1, 0.15) is 31.2 Å². The molecule has 14 heteroatoms. The first kappa shape index (κ1) is 31.6. The van der Waals surface area contributed by atoms with Crippen LogP contribution in [-0.4, -0.2) is 57.6 Å². The second-order valence-corrected chi connectivity index (χ2v) is 11.0. The van der Waals surface area contributed by atoms with Crippen molar-refractivity contribution < 1.29 is 32.2 Å². The van der Waals surface area contributed by atoms with Crippen LogP contribution in [0.2, 0.25) is 0 Å². The van der Waals surface area contributed by atoms with E-state index in [0.29, 0.717) is 34.7 Å². The molecule has 0 bridgehead atoms. The highest BCUT2D eigenvalue weighted by Gasteiger charge is 2.31. The first-order valence-corrected chi connectivity index (χ1v) is 14.9. The molecule has 45 heavy (non-hydrogen) atoms. The van der Waals surface area contributed by atoms with Crippen molar-refractivity contribution in [3.63, 3.8) is 0 Å². The lowest BCUT2D eigenvalue weighted by Gasteiger charge is -2.16. The first-order valence-electron chi connectivity index (χ1n) is 13.9. The molecule has 3 amide bonds. The standard InChI is InChI=1S/C31H29F3N6O4S/c1-20(4-3-17-35-29(42)37-30-40(27(41)18-45-30)24-11-13-25(43-2)14-12-24)21-5-7-22(8-6-21)28-36-19-39(38-28)23-9-15-26(16-10-23)44-31(32,33)34/h5-16,19-20H,3-4,17-18H2,1-2H3,(H,35,42)/b37-30-. The molecule has 10 nitrogen and oxygen atoms in total. The highest BCUT2D eigenvalue weighted by atomic mass is 32.2. The number of aliphatic imine (C=N–C) groups is 1. The number of rotatable bonds is 10. The molecule has 4 aromatic rings. The fourth-order valence-electron chi connectivity index (χ4n) is 4.61. The van der Waals surface area contributed by atoms with Crippen LogP contribution in [0.25, 0.3) is 17.1 Å². The van der Waals surface area contributed by atoms with E-state index in [-0.39, 0.29) is 23.3 Å². The molecule has 1 aliphatic rings. The molecule has 234 valence electrons. The maximum Gasteiger partial charge on any atom is 0.573 e. The van der Waals surface area contributed by atoms with Crippen LogP contribution in [0.5, 0.6) is 11.5 Å². The molecule has 0 radical (unpaired) electrons. The molecule has 1 saturated heterocycles. The zero-order valence-corrected chi connectivity index (χ0v) is 25.1. The van der Waals surface area contributed by atoms with E-state index in [1.807, 2.05) is 24.3 Å². The molecular formula is C31H29F3N6O4S. The molecule has 3 aromatic carbocycles. The minimum Gasteiger partial charge on any atom is -0.497 e. The quantitative estimate of drug-likeness (QED) is 0.196. The number of halogens is 3. The Kier molecular flexibility index (Phi) is 9.71. The van der Waals surface area contributed by atoms with Crippen LogP contribution >= 0.6 is 11.8 Å². The molecule has 0 aliphatic carbocycles. The first-order chi connectivity index (χ1) is 21.6. The van der Waals surface area contributed by atoms with Gasteiger partial charge in [0.05, 0.1) is 24.2 Å². The summed E-state index contributed by atoms with van der Waals surface area (Å²) in [6.45, 7) is 2.54. The van der Waals surface area contributed by atoms with E-state index < -0.39 is 12.4 Å². The van der Waals surface area contributed by atoms with Crippen LogP contribution in [0, 0.1) is 0 Å². The Morgan fingerprint density at radius 1 is 1.02 bits per heavy atom. The highest BCUT2D eigenvalue weighted by Crippen LogP contribution is 2.29. The predicted octanol–water partition coefficient (Wildman–Crippen LogP) is 6.57. The summed E-state index contributed by atoms with van der Waals surface area (Å²) in [6.07, 6.45) is -1.71. The number of carbonyl (C=O) groups excluding carboxylic acids is 2. The van der Waals surface area contributed by atoms with Crippen LogP contribution in [0.4, 0.5) is 23.7 Å². The zero-order valence-electron chi connectivity index (χ0n) is 24.3. The van der Waals surface area contributed by atoms with Gasteiger partial charge in [-0.2, -0.15) is 4.99 Å². The molecular weight excluding hydrogens is 609 g/mol. The number of methoxy groups -OCH3 is 1. The maximum absolute atomic E-state index is 12.5. The van der Waals surface area contributed by atoms with Gasteiger partial charge >= 0.3 is 12.4 Å². The average Bonchev–Trinajstić information content (AvgIpc) is 3.66.